The third-order valence-electron chi connectivity index (χ3n) is 3.95. The highest BCUT2D eigenvalue weighted by Gasteiger charge is 2.33. The fraction of sp³-hybridized carbons (Fsp3) is 0.389. The van der Waals surface area contributed by atoms with Gasteiger partial charge in [0.1, 0.15) is 11.4 Å². The Labute approximate surface area is 132 Å². The molecule has 0 bridgehead atoms. The fourth-order valence-electron chi connectivity index (χ4n) is 2.75. The molecule has 0 atom stereocenters. The number of aliphatic imine (C=N–C) groups is 1. The molecule has 0 saturated heterocycles. The van der Waals surface area contributed by atoms with Gasteiger partial charge in [0, 0.05) is 18.2 Å². The average molecular weight is 296 g/mol. The standard InChI is InChI=1S/C18H24N4/c1-5-22-15-12-19-11-14(13-9-7-6-8-10-13)20-16(15)17(21-22)18(2,3)4/h6-10,12,19,21H,5,11H2,1-4H3. The maximum atomic E-state index is 5.02. The molecule has 116 valence electrons. The van der Waals surface area contributed by atoms with Crippen LogP contribution in [-0.2, 0) is 0 Å². The number of nitrogens with one attached hydrogen (secondary N) is 2. The first kappa shape index (κ1) is 14.7. The van der Waals surface area contributed by atoms with E-state index >= 15 is 0 Å². The van der Waals surface area contributed by atoms with Gasteiger partial charge < -0.3 is 5.32 Å². The van der Waals surface area contributed by atoms with E-state index in [-0.39, 0.29) is 5.41 Å². The molecule has 4 nitrogen and oxygen atoms in total. The molecule has 2 aliphatic heterocycles. The first-order valence-corrected chi connectivity index (χ1v) is 7.86. The van der Waals surface area contributed by atoms with Gasteiger partial charge in [-0.15, -0.1) is 0 Å². The Bertz CT molecular complexity index is 647. The smallest absolute Gasteiger partial charge is 0.111 e. The van der Waals surface area contributed by atoms with Crippen LogP contribution in [-0.4, -0.2) is 23.8 Å². The molecule has 22 heavy (non-hydrogen) atoms. The van der Waals surface area contributed by atoms with Crippen molar-refractivity contribution in [2.24, 2.45) is 10.4 Å². The van der Waals surface area contributed by atoms with Crippen LogP contribution in [0.3, 0.4) is 0 Å². The van der Waals surface area contributed by atoms with Crippen LogP contribution in [0.1, 0.15) is 33.3 Å². The Kier molecular flexibility index (Phi) is 3.69. The second-order valence-corrected chi connectivity index (χ2v) is 6.66. The zero-order chi connectivity index (χ0) is 15.7. The van der Waals surface area contributed by atoms with Crippen LogP contribution in [0, 0.1) is 5.41 Å². The van der Waals surface area contributed by atoms with Gasteiger partial charge in [-0.1, -0.05) is 51.1 Å². The van der Waals surface area contributed by atoms with E-state index in [4.69, 9.17) is 4.99 Å². The first-order valence-electron chi connectivity index (χ1n) is 7.86. The lowest BCUT2D eigenvalue weighted by molar-refractivity contribution is 0.287. The van der Waals surface area contributed by atoms with Crippen LogP contribution < -0.4 is 10.7 Å². The highest BCUT2D eigenvalue weighted by Crippen LogP contribution is 2.36. The van der Waals surface area contributed by atoms with Crippen LogP contribution in [0.5, 0.6) is 0 Å². The minimum Gasteiger partial charge on any atom is -0.383 e. The molecule has 0 unspecified atom stereocenters. The molecule has 2 heterocycles. The third-order valence-corrected chi connectivity index (χ3v) is 3.95. The van der Waals surface area contributed by atoms with Crippen molar-refractivity contribution in [1.29, 1.82) is 0 Å². The highest BCUT2D eigenvalue weighted by atomic mass is 15.5. The summed E-state index contributed by atoms with van der Waals surface area (Å²) >= 11 is 0. The summed E-state index contributed by atoms with van der Waals surface area (Å²) in [5, 5.41) is 5.55. The van der Waals surface area contributed by atoms with Gasteiger partial charge in [0.15, 0.2) is 0 Å². The molecule has 0 saturated carbocycles. The van der Waals surface area contributed by atoms with Crippen LogP contribution in [0.25, 0.3) is 0 Å². The van der Waals surface area contributed by atoms with E-state index in [0.717, 1.165) is 30.2 Å². The van der Waals surface area contributed by atoms with Gasteiger partial charge in [-0.05, 0) is 12.5 Å². The molecule has 2 aliphatic rings. The van der Waals surface area contributed by atoms with E-state index in [1.54, 1.807) is 0 Å². The molecule has 2 N–H and O–H groups in total. The van der Waals surface area contributed by atoms with E-state index in [9.17, 15) is 0 Å². The van der Waals surface area contributed by atoms with Crippen molar-refractivity contribution in [3.8, 4) is 0 Å². The number of nitrogens with zero attached hydrogens (tertiary/aromatic N) is 2. The minimum absolute atomic E-state index is 0.0218. The van der Waals surface area contributed by atoms with Crippen LogP contribution >= 0.6 is 0 Å². The van der Waals surface area contributed by atoms with E-state index in [1.807, 2.05) is 6.07 Å². The van der Waals surface area contributed by atoms with Crippen molar-refractivity contribution in [2.75, 3.05) is 13.1 Å². The third kappa shape index (κ3) is 2.61. The summed E-state index contributed by atoms with van der Waals surface area (Å²) in [6.45, 7) is 10.4. The first-order chi connectivity index (χ1) is 10.5. The molecule has 0 radical (unpaired) electrons. The molecule has 0 amide bonds. The molecule has 1 aromatic carbocycles. The maximum Gasteiger partial charge on any atom is 0.111 e. The molecule has 4 heteroatoms. The van der Waals surface area contributed by atoms with E-state index in [2.05, 4.69) is 73.9 Å². The summed E-state index contributed by atoms with van der Waals surface area (Å²) < 4.78 is 0. The molecule has 0 spiro atoms. The predicted molar refractivity (Wildman–Crippen MR) is 91.1 cm³/mol. The molecule has 3 rings (SSSR count). The van der Waals surface area contributed by atoms with E-state index in [1.165, 1.54) is 11.3 Å². The number of rotatable bonds is 2. The van der Waals surface area contributed by atoms with Crippen LogP contribution in [0.4, 0.5) is 0 Å². The molecule has 0 aromatic heterocycles. The second kappa shape index (κ2) is 5.52. The zero-order valence-corrected chi connectivity index (χ0v) is 13.8. The van der Waals surface area contributed by atoms with Crippen molar-refractivity contribution in [3.05, 3.63) is 59.2 Å². The van der Waals surface area contributed by atoms with Gasteiger partial charge in [-0.3, -0.25) is 10.4 Å². The van der Waals surface area contributed by atoms with Crippen LogP contribution in [0.15, 0.2) is 58.6 Å². The normalized spacial score (nSPS) is 18.1. The largest absolute Gasteiger partial charge is 0.383 e. The zero-order valence-electron chi connectivity index (χ0n) is 13.8. The molecular formula is C18H24N4. The summed E-state index contributed by atoms with van der Waals surface area (Å²) in [7, 11) is 0. The Hall–Kier alpha value is -2.23. The lowest BCUT2D eigenvalue weighted by Gasteiger charge is -2.25. The quantitative estimate of drug-likeness (QED) is 0.881. The van der Waals surface area contributed by atoms with Crippen molar-refractivity contribution in [2.45, 2.75) is 27.7 Å². The number of fused-ring (bicyclic) bond motifs is 1. The van der Waals surface area contributed by atoms with Gasteiger partial charge in [0.2, 0.25) is 0 Å². The van der Waals surface area contributed by atoms with Crippen molar-refractivity contribution in [3.63, 3.8) is 0 Å². The summed E-state index contributed by atoms with van der Waals surface area (Å²) in [6, 6.07) is 10.4. The lowest BCUT2D eigenvalue weighted by Crippen LogP contribution is -2.34. The average Bonchev–Trinajstić information content (AvgIpc) is 2.71. The Morgan fingerprint density at radius 1 is 1.18 bits per heavy atom. The Morgan fingerprint density at radius 2 is 1.91 bits per heavy atom. The maximum absolute atomic E-state index is 5.02. The van der Waals surface area contributed by atoms with Crippen molar-refractivity contribution in [1.82, 2.24) is 15.8 Å². The second-order valence-electron chi connectivity index (χ2n) is 6.66. The molecule has 1 aromatic rings. The van der Waals surface area contributed by atoms with Crippen molar-refractivity contribution < 1.29 is 0 Å². The number of allylic oxidation sites excluding steroid dienone is 1. The SMILES string of the molecule is CCN1NC(C(C)(C)C)=C2N=C(c3ccccc3)CNC=C21. The van der Waals surface area contributed by atoms with E-state index < -0.39 is 0 Å². The summed E-state index contributed by atoms with van der Waals surface area (Å²) in [6.07, 6.45) is 2.07. The van der Waals surface area contributed by atoms with Gasteiger partial charge in [0.25, 0.3) is 0 Å². The predicted octanol–water partition coefficient (Wildman–Crippen LogP) is 3.02. The topological polar surface area (TPSA) is 39.7 Å². The lowest BCUT2D eigenvalue weighted by atomic mass is 9.91. The van der Waals surface area contributed by atoms with Gasteiger partial charge in [-0.25, -0.2) is 4.99 Å². The summed E-state index contributed by atoms with van der Waals surface area (Å²) in [5.74, 6) is 0. The molecule has 0 aliphatic carbocycles. The van der Waals surface area contributed by atoms with Gasteiger partial charge in [-0.2, -0.15) is 0 Å². The molecule has 0 fully saturated rings. The number of likely N-dealkylation sites (N-methyl/N-ethyl adjacent to an activating group) is 1. The fourth-order valence-corrected chi connectivity index (χ4v) is 2.75. The minimum atomic E-state index is 0.0218. The Balaban J connectivity index is 2.10. The summed E-state index contributed by atoms with van der Waals surface area (Å²) in [4.78, 5) is 5.02. The van der Waals surface area contributed by atoms with Gasteiger partial charge in [0.05, 0.1) is 18.0 Å². The number of hydrogen-bond acceptors (Lipinski definition) is 4. The molecular weight excluding hydrogens is 272 g/mol. The number of hydrazine groups is 1. The highest BCUT2D eigenvalue weighted by molar-refractivity contribution is 6.03. The summed E-state index contributed by atoms with van der Waals surface area (Å²) in [5.41, 5.74) is 9.14. The number of hydrogen-bond donors (Lipinski definition) is 2. The van der Waals surface area contributed by atoms with E-state index in [0.29, 0.717) is 0 Å². The van der Waals surface area contributed by atoms with Gasteiger partial charge >= 0.3 is 0 Å². The van der Waals surface area contributed by atoms with Crippen molar-refractivity contribution >= 4 is 5.71 Å². The monoisotopic (exact) mass is 296 g/mol. The number of benzene rings is 1. The Morgan fingerprint density at radius 3 is 2.55 bits per heavy atom. The van der Waals surface area contributed by atoms with Crippen LogP contribution in [0.2, 0.25) is 0 Å².